The van der Waals surface area contributed by atoms with Crippen molar-refractivity contribution in [1.82, 2.24) is 31.3 Å². The highest BCUT2D eigenvalue weighted by atomic mass is 16.2. The van der Waals surface area contributed by atoms with Crippen molar-refractivity contribution in [3.05, 3.63) is 5.82 Å². The summed E-state index contributed by atoms with van der Waals surface area (Å²) < 4.78 is 0. The molecule has 88 valence electrons. The molecule has 1 aromatic heterocycles. The Morgan fingerprint density at radius 3 is 3.12 bits per heavy atom. The summed E-state index contributed by atoms with van der Waals surface area (Å²) in [5.74, 6) is 0.629. The van der Waals surface area contributed by atoms with Crippen LogP contribution in [-0.4, -0.2) is 39.6 Å². The fourth-order valence-electron chi connectivity index (χ4n) is 1.82. The molecule has 1 unspecified atom stereocenters. The van der Waals surface area contributed by atoms with Gasteiger partial charge in [0.2, 0.25) is 5.91 Å². The first-order chi connectivity index (χ1) is 7.77. The average Bonchev–Trinajstić information content (AvgIpc) is 2.83. The third kappa shape index (κ3) is 2.54. The Labute approximate surface area is 93.4 Å². The summed E-state index contributed by atoms with van der Waals surface area (Å²) >= 11 is 0. The van der Waals surface area contributed by atoms with Crippen molar-refractivity contribution in [3.8, 4) is 0 Å². The second kappa shape index (κ2) is 5.02. The Morgan fingerprint density at radius 2 is 2.50 bits per heavy atom. The third-order valence-corrected chi connectivity index (χ3v) is 2.78. The van der Waals surface area contributed by atoms with E-state index in [1.807, 2.05) is 6.92 Å². The van der Waals surface area contributed by atoms with E-state index in [1.165, 1.54) is 0 Å². The molecule has 16 heavy (non-hydrogen) atoms. The number of H-pyrrole nitrogens is 1. The molecule has 1 saturated heterocycles. The van der Waals surface area contributed by atoms with Crippen LogP contribution in [0.5, 0.6) is 0 Å². The van der Waals surface area contributed by atoms with E-state index in [0.29, 0.717) is 5.82 Å². The van der Waals surface area contributed by atoms with E-state index >= 15 is 0 Å². The molecule has 7 nitrogen and oxygen atoms in total. The molecule has 0 bridgehead atoms. The molecule has 0 radical (unpaired) electrons. The summed E-state index contributed by atoms with van der Waals surface area (Å²) in [5, 5.41) is 19.6. The largest absolute Gasteiger partial charge is 0.346 e. The van der Waals surface area contributed by atoms with E-state index in [1.54, 1.807) is 0 Å². The first-order valence-electron chi connectivity index (χ1n) is 5.52. The summed E-state index contributed by atoms with van der Waals surface area (Å²) in [7, 11) is 0. The molecule has 0 saturated carbocycles. The second-order valence-electron chi connectivity index (χ2n) is 4.04. The molecule has 0 aromatic carbocycles. The van der Waals surface area contributed by atoms with Crippen LogP contribution in [0.25, 0.3) is 0 Å². The van der Waals surface area contributed by atoms with Crippen LogP contribution in [0.1, 0.15) is 31.6 Å². The Bertz CT molecular complexity index is 332. The maximum Gasteiger partial charge on any atom is 0.224 e. The zero-order chi connectivity index (χ0) is 11.4. The normalized spacial score (nSPS) is 22.7. The summed E-state index contributed by atoms with van der Waals surface area (Å²) in [6.07, 6.45) is 1.99. The maximum atomic E-state index is 11.9. The van der Waals surface area contributed by atoms with Crippen LogP contribution in [0.4, 0.5) is 0 Å². The van der Waals surface area contributed by atoms with Gasteiger partial charge in [-0.1, -0.05) is 5.21 Å². The molecular formula is C9H16N6O. The van der Waals surface area contributed by atoms with Gasteiger partial charge in [0.15, 0.2) is 5.82 Å². The van der Waals surface area contributed by atoms with Gasteiger partial charge in [-0.15, -0.1) is 10.2 Å². The highest BCUT2D eigenvalue weighted by Crippen LogP contribution is 2.12. The van der Waals surface area contributed by atoms with Gasteiger partial charge in [-0.25, -0.2) is 0 Å². The Kier molecular flexibility index (Phi) is 3.45. The number of nitrogens with zero attached hydrogens (tertiary/aromatic N) is 3. The summed E-state index contributed by atoms with van der Waals surface area (Å²) in [4.78, 5) is 11.9. The smallest absolute Gasteiger partial charge is 0.224 e. The minimum Gasteiger partial charge on any atom is -0.346 e. The van der Waals surface area contributed by atoms with Gasteiger partial charge in [0.25, 0.3) is 0 Å². The van der Waals surface area contributed by atoms with Gasteiger partial charge in [0.1, 0.15) is 0 Å². The highest BCUT2D eigenvalue weighted by Gasteiger charge is 2.23. The number of hydrogen-bond donors (Lipinski definition) is 3. The monoisotopic (exact) mass is 224 g/mol. The van der Waals surface area contributed by atoms with Gasteiger partial charge in [0, 0.05) is 6.54 Å². The van der Waals surface area contributed by atoms with Gasteiger partial charge in [-0.2, -0.15) is 5.21 Å². The van der Waals surface area contributed by atoms with Crippen LogP contribution in [0.2, 0.25) is 0 Å². The zero-order valence-electron chi connectivity index (χ0n) is 9.23. The highest BCUT2D eigenvalue weighted by molar-refractivity contribution is 5.79. The predicted molar refractivity (Wildman–Crippen MR) is 56.3 cm³/mol. The van der Waals surface area contributed by atoms with Crippen LogP contribution in [0.3, 0.4) is 0 Å². The van der Waals surface area contributed by atoms with Crippen molar-refractivity contribution in [2.75, 3.05) is 13.1 Å². The van der Waals surface area contributed by atoms with E-state index in [2.05, 4.69) is 31.3 Å². The fraction of sp³-hybridized carbons (Fsp3) is 0.778. The number of carbonyl (C=O) groups is 1. The number of piperidine rings is 1. The minimum atomic E-state index is -0.201. The van der Waals surface area contributed by atoms with Crippen LogP contribution in [0.15, 0.2) is 0 Å². The number of hydrogen-bond acceptors (Lipinski definition) is 5. The molecule has 2 rings (SSSR count). The fourth-order valence-corrected chi connectivity index (χ4v) is 1.82. The lowest BCUT2D eigenvalue weighted by molar-refractivity contribution is -0.126. The molecule has 3 N–H and O–H groups in total. The van der Waals surface area contributed by atoms with Gasteiger partial charge in [-0.05, 0) is 26.3 Å². The summed E-state index contributed by atoms with van der Waals surface area (Å²) in [5.41, 5.74) is 0. The minimum absolute atomic E-state index is 0.0584. The summed E-state index contributed by atoms with van der Waals surface area (Å²) in [6, 6.07) is -0.201. The number of aromatic amines is 1. The van der Waals surface area contributed by atoms with E-state index in [0.717, 1.165) is 25.9 Å². The van der Waals surface area contributed by atoms with Crippen molar-refractivity contribution in [2.45, 2.75) is 25.8 Å². The maximum absolute atomic E-state index is 11.9. The molecule has 1 fully saturated rings. The average molecular weight is 224 g/mol. The van der Waals surface area contributed by atoms with Crippen molar-refractivity contribution in [3.63, 3.8) is 0 Å². The van der Waals surface area contributed by atoms with Crippen molar-refractivity contribution in [2.24, 2.45) is 5.92 Å². The number of nitrogens with one attached hydrogen (secondary N) is 3. The molecular weight excluding hydrogens is 208 g/mol. The Morgan fingerprint density at radius 1 is 1.62 bits per heavy atom. The van der Waals surface area contributed by atoms with Crippen LogP contribution < -0.4 is 10.6 Å². The topological polar surface area (TPSA) is 95.6 Å². The SMILES string of the molecule is CC(NC(=O)[C@H]1CCCNC1)c1nn[nH]n1. The van der Waals surface area contributed by atoms with Gasteiger partial charge >= 0.3 is 0 Å². The molecule has 1 aromatic rings. The molecule has 2 atom stereocenters. The van der Waals surface area contributed by atoms with E-state index in [4.69, 9.17) is 0 Å². The molecule has 1 amide bonds. The Hall–Kier alpha value is -1.50. The van der Waals surface area contributed by atoms with Crippen LogP contribution >= 0.6 is 0 Å². The number of carbonyl (C=O) groups excluding carboxylic acids is 1. The predicted octanol–water partition coefficient (Wildman–Crippen LogP) is -0.623. The third-order valence-electron chi connectivity index (χ3n) is 2.78. The molecule has 1 aliphatic rings. The number of amides is 1. The number of rotatable bonds is 3. The van der Waals surface area contributed by atoms with E-state index in [9.17, 15) is 4.79 Å². The summed E-state index contributed by atoms with van der Waals surface area (Å²) in [6.45, 7) is 3.61. The standard InChI is InChI=1S/C9H16N6O/c1-6(8-12-14-15-13-8)11-9(16)7-3-2-4-10-5-7/h6-7,10H,2-5H2,1H3,(H,11,16)(H,12,13,14,15)/t6?,7-/m0/s1. The first-order valence-corrected chi connectivity index (χ1v) is 5.52. The van der Waals surface area contributed by atoms with Crippen molar-refractivity contribution in [1.29, 1.82) is 0 Å². The Balaban J connectivity index is 1.86. The first kappa shape index (κ1) is 11.0. The number of tetrazole rings is 1. The molecule has 0 spiro atoms. The van der Waals surface area contributed by atoms with Gasteiger partial charge in [0.05, 0.1) is 12.0 Å². The molecule has 2 heterocycles. The van der Waals surface area contributed by atoms with Crippen molar-refractivity contribution < 1.29 is 4.79 Å². The van der Waals surface area contributed by atoms with E-state index in [-0.39, 0.29) is 17.9 Å². The van der Waals surface area contributed by atoms with Gasteiger partial charge < -0.3 is 10.6 Å². The zero-order valence-corrected chi connectivity index (χ0v) is 9.23. The lowest BCUT2D eigenvalue weighted by atomic mass is 9.98. The van der Waals surface area contributed by atoms with Gasteiger partial charge in [-0.3, -0.25) is 4.79 Å². The lowest BCUT2D eigenvalue weighted by Gasteiger charge is -2.23. The van der Waals surface area contributed by atoms with Crippen LogP contribution in [-0.2, 0) is 4.79 Å². The van der Waals surface area contributed by atoms with Crippen molar-refractivity contribution >= 4 is 5.91 Å². The quantitative estimate of drug-likeness (QED) is 0.635. The number of aromatic nitrogens is 4. The molecule has 7 heteroatoms. The van der Waals surface area contributed by atoms with E-state index < -0.39 is 0 Å². The molecule has 0 aliphatic carbocycles. The van der Waals surface area contributed by atoms with Crippen LogP contribution in [0, 0.1) is 5.92 Å². The lowest BCUT2D eigenvalue weighted by Crippen LogP contribution is -2.41. The second-order valence-corrected chi connectivity index (χ2v) is 4.04. The molecule has 1 aliphatic heterocycles.